The molecule has 2 amide bonds. The van der Waals surface area contributed by atoms with Crippen molar-refractivity contribution < 1.29 is 67.6 Å². The van der Waals surface area contributed by atoms with E-state index in [-0.39, 0.29) is 62.0 Å². The lowest BCUT2D eigenvalue weighted by atomic mass is 9.79. The highest BCUT2D eigenvalue weighted by molar-refractivity contribution is 5.89. The summed E-state index contributed by atoms with van der Waals surface area (Å²) in [5.41, 5.74) is 0.736. The van der Waals surface area contributed by atoms with Crippen molar-refractivity contribution in [1.82, 2.24) is 10.6 Å². The molecule has 3 spiro atoms. The maximum absolute atomic E-state index is 13.3. The first-order valence-corrected chi connectivity index (χ1v) is 28.4. The molecule has 6 saturated heterocycles. The standard InChI is InChI=1S/C59H85N3O15/c1-34-27-46(75-59(32-34)48(64)16-14-42(74-59)33-56(6,69)55(68)61-25-24-60-49(65)29-39-30-50(66)71-47-31-40(62(7)8)12-15-43(39)47)35(2)11-13-41-18-22-58(73-41)23-19-45-54(77-58)51(67)38(5)53(72-45)44(63)28-37(4)52-36(3)17-21-57(76-52)20-9-10-26-70-57/h11-13,15,30-32,35-37,41-42,44-46,48,51-54,63-64,67,69H,5,9-10,14,16-29,33H2,1-4,6-8H3,(H,60,65)(H,61,68)/t35-,36-,37+,41+,42+,44+,45-,46+,48-,51-,52+,53+,54-,56-,57+,58-,59-/m1/s1. The van der Waals surface area contributed by atoms with Crippen LogP contribution in [0.3, 0.4) is 0 Å². The van der Waals surface area contributed by atoms with Gasteiger partial charge in [-0.15, -0.1) is 0 Å². The molecule has 8 heterocycles. The molecular weight excluding hydrogens is 991 g/mol. The molecular formula is C59H85N3O15. The highest BCUT2D eigenvalue weighted by atomic mass is 16.7. The van der Waals surface area contributed by atoms with Crippen LogP contribution in [-0.2, 0) is 49.2 Å². The number of rotatable bonds is 16. The lowest BCUT2D eigenvalue weighted by molar-refractivity contribution is -0.320. The van der Waals surface area contributed by atoms with Crippen molar-refractivity contribution >= 4 is 28.5 Å². The van der Waals surface area contributed by atoms with E-state index in [1.54, 1.807) is 6.07 Å². The number of anilines is 1. The Morgan fingerprint density at radius 1 is 0.948 bits per heavy atom. The van der Waals surface area contributed by atoms with Gasteiger partial charge in [0, 0.05) is 88.4 Å². The molecule has 2 aromatic rings. The van der Waals surface area contributed by atoms with Gasteiger partial charge in [-0.05, 0) is 113 Å². The Morgan fingerprint density at radius 2 is 1.71 bits per heavy atom. The Bertz CT molecular complexity index is 2560. The van der Waals surface area contributed by atoms with E-state index in [1.165, 1.54) is 13.0 Å². The number of benzene rings is 1. The maximum Gasteiger partial charge on any atom is 0.336 e. The zero-order valence-corrected chi connectivity index (χ0v) is 46.2. The second kappa shape index (κ2) is 23.6. The summed E-state index contributed by atoms with van der Waals surface area (Å²) in [5, 5.41) is 52.3. The van der Waals surface area contributed by atoms with E-state index < -0.39 is 77.2 Å². The Morgan fingerprint density at radius 3 is 2.48 bits per heavy atom. The van der Waals surface area contributed by atoms with E-state index >= 15 is 0 Å². The van der Waals surface area contributed by atoms with Crippen molar-refractivity contribution in [2.75, 3.05) is 38.7 Å². The highest BCUT2D eigenvalue weighted by Crippen LogP contribution is 2.48. The SMILES string of the molecule is C=C1[C@@H](O)[C@@H]2O[C@]3(CC[C@H](C=C[C@@H](C)[C@@H]4CC(C)=C[C@@]5(O[C@H](C[C@@](C)(O)C(=O)NCCNC(=O)Cc6cc(=O)oc7cc(N(C)C)ccc67)CC[C@H]5O)O4)O3)CC[C@H]2O[C@@H]1[C@@H](O)C[C@H](C)[C@H]1O[C@@]2(CCCCO2)CC[C@H]1C. The summed E-state index contributed by atoms with van der Waals surface area (Å²) in [6.07, 6.45) is 8.90. The minimum Gasteiger partial charge on any atom is -0.423 e. The van der Waals surface area contributed by atoms with Crippen LogP contribution in [0, 0.1) is 17.8 Å². The number of aliphatic hydroxyl groups is 4. The number of hydrogen-bond acceptors (Lipinski definition) is 16. The van der Waals surface area contributed by atoms with Gasteiger partial charge < -0.3 is 73.5 Å². The molecule has 0 aliphatic carbocycles. The third-order valence-electron chi connectivity index (χ3n) is 17.4. The topological polar surface area (TPSA) is 237 Å². The summed E-state index contributed by atoms with van der Waals surface area (Å²) < 4.78 is 51.3. The largest absolute Gasteiger partial charge is 0.423 e. The zero-order chi connectivity index (χ0) is 55.0. The lowest BCUT2D eigenvalue weighted by Crippen LogP contribution is -2.60. The normalized spacial score (nSPS) is 36.6. The predicted molar refractivity (Wildman–Crippen MR) is 287 cm³/mol. The van der Waals surface area contributed by atoms with Crippen LogP contribution >= 0.6 is 0 Å². The second-order valence-corrected chi connectivity index (χ2v) is 24.0. The molecule has 0 bridgehead atoms. The van der Waals surface area contributed by atoms with Crippen LogP contribution < -0.4 is 21.2 Å². The van der Waals surface area contributed by atoms with Crippen LogP contribution in [0.4, 0.5) is 5.69 Å². The summed E-state index contributed by atoms with van der Waals surface area (Å²) in [7, 11) is 3.75. The van der Waals surface area contributed by atoms with Gasteiger partial charge in [-0.1, -0.05) is 45.1 Å². The highest BCUT2D eigenvalue weighted by Gasteiger charge is 2.55. The van der Waals surface area contributed by atoms with Crippen LogP contribution in [0.15, 0.2) is 69.4 Å². The predicted octanol–water partition coefficient (Wildman–Crippen LogP) is 5.78. The molecule has 9 rings (SSSR count). The molecule has 17 atom stereocenters. The smallest absolute Gasteiger partial charge is 0.336 e. The maximum atomic E-state index is 13.3. The molecule has 6 fully saturated rings. The fourth-order valence-electron chi connectivity index (χ4n) is 13.0. The number of ether oxygens (including phenoxy) is 7. The van der Waals surface area contributed by atoms with Gasteiger partial charge in [-0.3, -0.25) is 9.59 Å². The molecule has 18 nitrogen and oxygen atoms in total. The zero-order valence-electron chi connectivity index (χ0n) is 46.2. The quantitative estimate of drug-likeness (QED) is 0.0664. The van der Waals surface area contributed by atoms with E-state index in [4.69, 9.17) is 37.6 Å². The summed E-state index contributed by atoms with van der Waals surface area (Å²) in [4.78, 5) is 40.4. The van der Waals surface area contributed by atoms with Gasteiger partial charge >= 0.3 is 5.63 Å². The minimum atomic E-state index is -1.84. The van der Waals surface area contributed by atoms with Gasteiger partial charge in [-0.25, -0.2) is 4.79 Å². The summed E-state index contributed by atoms with van der Waals surface area (Å²) in [6.45, 7) is 14.8. The van der Waals surface area contributed by atoms with Crippen LogP contribution in [0.5, 0.6) is 0 Å². The van der Waals surface area contributed by atoms with Crippen molar-refractivity contribution in [1.29, 1.82) is 0 Å². The fourth-order valence-corrected chi connectivity index (χ4v) is 13.0. The van der Waals surface area contributed by atoms with Crippen molar-refractivity contribution in [2.45, 2.75) is 215 Å². The van der Waals surface area contributed by atoms with Gasteiger partial charge in [0.2, 0.25) is 11.7 Å². The average Bonchev–Trinajstić information content (AvgIpc) is 3.81. The number of amides is 2. The first-order valence-electron chi connectivity index (χ1n) is 28.4. The molecule has 7 aliphatic heterocycles. The summed E-state index contributed by atoms with van der Waals surface area (Å²) in [6, 6.07) is 6.75. The van der Waals surface area contributed by atoms with Gasteiger partial charge in [0.05, 0.1) is 49.7 Å². The Balaban J connectivity index is 0.728. The van der Waals surface area contributed by atoms with Crippen LogP contribution in [-0.4, -0.2) is 150 Å². The third kappa shape index (κ3) is 12.9. The number of nitrogens with one attached hydrogen (secondary N) is 2. The van der Waals surface area contributed by atoms with Crippen molar-refractivity contribution in [3.05, 3.63) is 76.2 Å². The number of fused-ring (bicyclic) bond motifs is 2. The molecule has 0 radical (unpaired) electrons. The molecule has 1 aromatic carbocycles. The number of aliphatic hydroxyl groups excluding tert-OH is 3. The number of nitrogens with zero attached hydrogens (tertiary/aromatic N) is 1. The number of carbonyl (C=O) groups is 2. The van der Waals surface area contributed by atoms with Gasteiger partial charge in [0.15, 0.2) is 11.6 Å². The van der Waals surface area contributed by atoms with Crippen LogP contribution in [0.2, 0.25) is 0 Å². The Hall–Kier alpha value is -4.05. The van der Waals surface area contributed by atoms with Crippen LogP contribution in [0.1, 0.15) is 130 Å². The van der Waals surface area contributed by atoms with Gasteiger partial charge in [0.25, 0.3) is 5.91 Å². The second-order valence-electron chi connectivity index (χ2n) is 24.0. The van der Waals surface area contributed by atoms with Crippen molar-refractivity contribution in [2.24, 2.45) is 17.8 Å². The van der Waals surface area contributed by atoms with Crippen molar-refractivity contribution in [3.63, 3.8) is 0 Å². The average molecular weight is 1080 g/mol. The molecule has 77 heavy (non-hydrogen) atoms. The first-order chi connectivity index (χ1) is 36.6. The summed E-state index contributed by atoms with van der Waals surface area (Å²) >= 11 is 0. The van der Waals surface area contributed by atoms with E-state index in [1.807, 2.05) is 57.1 Å². The Kier molecular flexibility index (Phi) is 17.6. The van der Waals surface area contributed by atoms with Crippen LogP contribution in [0.25, 0.3) is 11.0 Å². The lowest BCUT2D eigenvalue weighted by Gasteiger charge is -2.50. The molecule has 7 aliphatic rings. The minimum absolute atomic E-state index is 0.0330. The van der Waals surface area contributed by atoms with Crippen molar-refractivity contribution in [3.8, 4) is 0 Å². The van der Waals surface area contributed by atoms with E-state index in [2.05, 4.69) is 37.1 Å². The number of carbonyl (C=O) groups excluding carboxylic acids is 2. The molecule has 426 valence electrons. The van der Waals surface area contributed by atoms with E-state index in [9.17, 15) is 34.8 Å². The molecule has 0 unspecified atom stereocenters. The van der Waals surface area contributed by atoms with Gasteiger partial charge in [-0.2, -0.15) is 0 Å². The first kappa shape index (κ1) is 57.6. The monoisotopic (exact) mass is 1080 g/mol. The summed E-state index contributed by atoms with van der Waals surface area (Å²) in [5.74, 6) is -3.65. The number of hydrogen-bond donors (Lipinski definition) is 6. The molecule has 6 N–H and O–H groups in total. The van der Waals surface area contributed by atoms with E-state index in [0.29, 0.717) is 86.0 Å². The molecule has 18 heteroatoms. The fraction of sp³-hybridized carbons (Fsp3) is 0.712. The molecule has 0 saturated carbocycles. The third-order valence-corrected chi connectivity index (χ3v) is 17.4. The Labute approximate surface area is 452 Å². The van der Waals surface area contributed by atoms with Gasteiger partial charge in [0.1, 0.15) is 35.6 Å². The van der Waals surface area contributed by atoms with E-state index in [0.717, 1.165) is 43.4 Å². The molecule has 1 aromatic heterocycles.